The van der Waals surface area contributed by atoms with E-state index in [1.54, 1.807) is 35.8 Å². The number of aliphatic hydroxyl groups is 1. The molecule has 0 aliphatic heterocycles. The number of hydrogen-bond donors (Lipinski definition) is 1. The van der Waals surface area contributed by atoms with Gasteiger partial charge in [-0.15, -0.1) is 0 Å². The number of benzene rings is 1. The second kappa shape index (κ2) is 10.0. The zero-order valence-corrected chi connectivity index (χ0v) is 12.5. The number of aliphatic hydroxyl groups excluding tert-OH is 1. The Bertz CT molecular complexity index is 595. The molecule has 2 rings (SSSR count). The summed E-state index contributed by atoms with van der Waals surface area (Å²) in [5.41, 5.74) is 2.44. The number of aldehydes is 1. The average Bonchev–Trinajstić information content (AvgIpc) is 2.61. The molecule has 5 heteroatoms. The molecule has 0 spiro atoms. The van der Waals surface area contributed by atoms with E-state index in [0.717, 1.165) is 24.8 Å². The number of carbonyl (C=O) groups is 1. The summed E-state index contributed by atoms with van der Waals surface area (Å²) in [6, 6.07) is 12.9. The van der Waals surface area contributed by atoms with Crippen molar-refractivity contribution < 1.29 is 9.90 Å². The third kappa shape index (κ3) is 5.30. The van der Waals surface area contributed by atoms with E-state index in [-0.39, 0.29) is 0 Å². The molecule has 0 radical (unpaired) electrons. The van der Waals surface area contributed by atoms with Crippen LogP contribution in [0.1, 0.15) is 16.1 Å². The highest BCUT2D eigenvalue weighted by atomic mass is 16.2. The van der Waals surface area contributed by atoms with Gasteiger partial charge in [0.2, 0.25) is 0 Å². The maximum Gasteiger partial charge on any atom is 0.150 e. The number of carbonyl (C=O) groups excluding carboxylic acids is 1. The van der Waals surface area contributed by atoms with Crippen molar-refractivity contribution in [1.82, 2.24) is 4.98 Å². The molecule has 2 aromatic rings. The van der Waals surface area contributed by atoms with Gasteiger partial charge in [0.05, 0.1) is 5.69 Å². The van der Waals surface area contributed by atoms with Crippen LogP contribution in [0, 0.1) is 0 Å². The highest BCUT2D eigenvalue weighted by Crippen LogP contribution is 2.15. The molecule has 5 nitrogen and oxygen atoms in total. The highest BCUT2D eigenvalue weighted by molar-refractivity contribution is 5.76. The summed E-state index contributed by atoms with van der Waals surface area (Å²) in [4.78, 5) is 14.8. The standard InChI is InChI=1S/C16H15N3O.CH4O/c1-2-19(16-8-6-14(13-20)7-9-16)18-12-10-15-5-3-4-11-17-15;1-2/h2-9,11-13H,1,10H2;2H,1H3/b18-12-;. The van der Waals surface area contributed by atoms with Crippen molar-refractivity contribution in [2.24, 2.45) is 5.10 Å². The van der Waals surface area contributed by atoms with Gasteiger partial charge in [0.25, 0.3) is 0 Å². The molecule has 0 unspecified atom stereocenters. The van der Waals surface area contributed by atoms with Crippen molar-refractivity contribution in [3.05, 3.63) is 72.7 Å². The summed E-state index contributed by atoms with van der Waals surface area (Å²) in [6.07, 6.45) is 6.61. The minimum Gasteiger partial charge on any atom is -0.400 e. The molecule has 1 heterocycles. The zero-order valence-electron chi connectivity index (χ0n) is 12.5. The van der Waals surface area contributed by atoms with Crippen molar-refractivity contribution >= 4 is 18.2 Å². The van der Waals surface area contributed by atoms with Gasteiger partial charge in [-0.1, -0.05) is 12.6 Å². The third-order valence-corrected chi connectivity index (χ3v) is 2.70. The normalized spacial score (nSPS) is 9.73. The Balaban J connectivity index is 0.00000116. The summed E-state index contributed by atoms with van der Waals surface area (Å²) in [6.45, 7) is 3.73. The minimum atomic E-state index is 0.634. The van der Waals surface area contributed by atoms with Crippen LogP contribution in [0.4, 0.5) is 5.69 Å². The Kier molecular flexibility index (Phi) is 7.86. The monoisotopic (exact) mass is 297 g/mol. The van der Waals surface area contributed by atoms with Crippen molar-refractivity contribution in [3.8, 4) is 0 Å². The van der Waals surface area contributed by atoms with Gasteiger partial charge in [-0.2, -0.15) is 5.10 Å². The molecule has 0 fully saturated rings. The van der Waals surface area contributed by atoms with E-state index in [2.05, 4.69) is 16.7 Å². The van der Waals surface area contributed by atoms with Gasteiger partial charge in [0.1, 0.15) is 6.29 Å². The summed E-state index contributed by atoms with van der Waals surface area (Å²) < 4.78 is 0. The number of hydrazone groups is 1. The van der Waals surface area contributed by atoms with Crippen LogP contribution < -0.4 is 5.01 Å². The Hall–Kier alpha value is -2.79. The van der Waals surface area contributed by atoms with Crippen LogP contribution in [0.3, 0.4) is 0 Å². The quantitative estimate of drug-likeness (QED) is 0.506. The highest BCUT2D eigenvalue weighted by Gasteiger charge is 2.00. The average molecular weight is 297 g/mol. The molecule has 0 amide bonds. The zero-order chi connectivity index (χ0) is 16.2. The van der Waals surface area contributed by atoms with Gasteiger partial charge in [0.15, 0.2) is 0 Å². The molecule has 0 aliphatic rings. The van der Waals surface area contributed by atoms with Gasteiger partial charge in [0, 0.05) is 43.4 Å². The molecular weight excluding hydrogens is 278 g/mol. The fourth-order valence-electron chi connectivity index (χ4n) is 1.67. The molecule has 1 aromatic carbocycles. The molecule has 114 valence electrons. The second-order valence-corrected chi connectivity index (χ2v) is 4.06. The molecule has 0 atom stereocenters. The first-order valence-electron chi connectivity index (χ1n) is 6.67. The smallest absolute Gasteiger partial charge is 0.150 e. The van der Waals surface area contributed by atoms with Crippen molar-refractivity contribution in [1.29, 1.82) is 0 Å². The van der Waals surface area contributed by atoms with Gasteiger partial charge >= 0.3 is 0 Å². The first kappa shape index (κ1) is 17.3. The lowest BCUT2D eigenvalue weighted by Crippen LogP contribution is -2.07. The predicted molar refractivity (Wildman–Crippen MR) is 89.1 cm³/mol. The Morgan fingerprint density at radius 3 is 2.50 bits per heavy atom. The van der Waals surface area contributed by atoms with Crippen LogP contribution in [-0.4, -0.2) is 29.7 Å². The van der Waals surface area contributed by atoms with Gasteiger partial charge in [-0.3, -0.25) is 9.78 Å². The SMILES string of the molecule is C=CN(/N=C\Cc1ccccn1)c1ccc(C=O)cc1.CO. The lowest BCUT2D eigenvalue weighted by molar-refractivity contribution is 0.112. The molecule has 0 saturated carbocycles. The minimum absolute atomic E-state index is 0.634. The first-order valence-corrected chi connectivity index (χ1v) is 6.67. The number of hydrogen-bond acceptors (Lipinski definition) is 5. The van der Waals surface area contributed by atoms with Crippen LogP contribution in [0.2, 0.25) is 0 Å². The summed E-state index contributed by atoms with van der Waals surface area (Å²) >= 11 is 0. The van der Waals surface area contributed by atoms with Crippen LogP contribution in [0.5, 0.6) is 0 Å². The van der Waals surface area contributed by atoms with E-state index >= 15 is 0 Å². The van der Waals surface area contributed by atoms with E-state index in [1.165, 1.54) is 0 Å². The third-order valence-electron chi connectivity index (χ3n) is 2.70. The molecule has 1 aromatic heterocycles. The van der Waals surface area contributed by atoms with E-state index < -0.39 is 0 Å². The van der Waals surface area contributed by atoms with Crippen LogP contribution >= 0.6 is 0 Å². The number of pyridine rings is 1. The maximum absolute atomic E-state index is 10.6. The van der Waals surface area contributed by atoms with Gasteiger partial charge in [-0.25, -0.2) is 5.01 Å². The topological polar surface area (TPSA) is 65.8 Å². The number of nitrogens with zero attached hydrogens (tertiary/aromatic N) is 3. The molecule has 1 N–H and O–H groups in total. The summed E-state index contributed by atoms with van der Waals surface area (Å²) in [5, 5.41) is 13.0. The fraction of sp³-hybridized carbons (Fsp3) is 0.118. The lowest BCUT2D eigenvalue weighted by Gasteiger charge is -2.13. The molecular formula is C17H19N3O2. The summed E-state index contributed by atoms with van der Waals surface area (Å²) in [5.74, 6) is 0. The summed E-state index contributed by atoms with van der Waals surface area (Å²) in [7, 11) is 1.00. The maximum atomic E-state index is 10.6. The first-order chi connectivity index (χ1) is 10.8. The van der Waals surface area contributed by atoms with E-state index in [0.29, 0.717) is 12.0 Å². The lowest BCUT2D eigenvalue weighted by atomic mass is 10.2. The molecule has 0 saturated heterocycles. The van der Waals surface area contributed by atoms with Crippen molar-refractivity contribution in [2.75, 3.05) is 12.1 Å². The van der Waals surface area contributed by atoms with Crippen LogP contribution in [-0.2, 0) is 6.42 Å². The number of aromatic nitrogens is 1. The number of rotatable bonds is 6. The van der Waals surface area contributed by atoms with Crippen molar-refractivity contribution in [3.63, 3.8) is 0 Å². The van der Waals surface area contributed by atoms with Gasteiger partial charge in [-0.05, 0) is 36.4 Å². The van der Waals surface area contributed by atoms with E-state index in [4.69, 9.17) is 5.11 Å². The molecule has 22 heavy (non-hydrogen) atoms. The Morgan fingerprint density at radius 2 is 1.95 bits per heavy atom. The van der Waals surface area contributed by atoms with Gasteiger partial charge < -0.3 is 5.11 Å². The largest absolute Gasteiger partial charge is 0.400 e. The second-order valence-electron chi connectivity index (χ2n) is 4.06. The molecule has 0 aliphatic carbocycles. The Morgan fingerprint density at radius 1 is 1.23 bits per heavy atom. The fourth-order valence-corrected chi connectivity index (χ4v) is 1.67. The van der Waals surface area contributed by atoms with Crippen molar-refractivity contribution in [2.45, 2.75) is 6.42 Å². The Labute approximate surface area is 130 Å². The number of anilines is 1. The van der Waals surface area contributed by atoms with E-state index in [9.17, 15) is 4.79 Å². The van der Waals surface area contributed by atoms with Crippen LogP contribution in [0.15, 0.2) is 66.5 Å². The molecule has 0 bridgehead atoms. The van der Waals surface area contributed by atoms with E-state index in [1.807, 2.05) is 30.3 Å². The van der Waals surface area contributed by atoms with Crippen LogP contribution in [0.25, 0.3) is 0 Å². The predicted octanol–water partition coefficient (Wildman–Crippen LogP) is 2.68.